The summed E-state index contributed by atoms with van der Waals surface area (Å²) in [5.74, 6) is -0.168. The predicted molar refractivity (Wildman–Crippen MR) is 70.4 cm³/mol. The normalized spacial score (nSPS) is 12.1. The fraction of sp³-hybridized carbons (Fsp3) is 0.500. The number of hydrogen-bond donors (Lipinski definition) is 1. The van der Waals surface area contributed by atoms with E-state index in [-0.39, 0.29) is 6.42 Å². The third kappa shape index (κ3) is 4.89. The van der Waals surface area contributed by atoms with Crippen LogP contribution in [0.5, 0.6) is 0 Å². The first-order valence-corrected chi connectivity index (χ1v) is 6.15. The lowest BCUT2D eigenvalue weighted by atomic mass is 10.1. The molecule has 0 amide bonds. The van der Waals surface area contributed by atoms with Crippen molar-refractivity contribution in [3.8, 4) is 0 Å². The minimum atomic E-state index is -0.741. The number of aliphatic carboxylic acids is 1. The van der Waals surface area contributed by atoms with Gasteiger partial charge in [0.2, 0.25) is 0 Å². The molecule has 1 unspecified atom stereocenters. The van der Waals surface area contributed by atoms with Crippen LogP contribution in [-0.2, 0) is 4.79 Å². The van der Waals surface area contributed by atoms with Gasteiger partial charge in [0.1, 0.15) is 0 Å². The van der Waals surface area contributed by atoms with E-state index in [2.05, 4.69) is 18.7 Å². The molecule has 0 saturated heterocycles. The van der Waals surface area contributed by atoms with Gasteiger partial charge in [-0.15, -0.1) is 0 Å². The number of benzene rings is 1. The zero-order valence-electron chi connectivity index (χ0n) is 10.6. The SMILES string of the molecule is CCC(C)CN(CCC(=O)O)c1ccccc1. The van der Waals surface area contributed by atoms with Crippen molar-refractivity contribution in [3.05, 3.63) is 30.3 Å². The summed E-state index contributed by atoms with van der Waals surface area (Å²) >= 11 is 0. The second kappa shape index (κ2) is 6.94. The van der Waals surface area contributed by atoms with Gasteiger partial charge >= 0.3 is 5.97 Å². The number of rotatable bonds is 7. The molecule has 0 spiro atoms. The molecule has 0 heterocycles. The summed E-state index contributed by atoms with van der Waals surface area (Å²) < 4.78 is 0. The first-order valence-electron chi connectivity index (χ1n) is 6.15. The second-order valence-corrected chi connectivity index (χ2v) is 4.44. The van der Waals surface area contributed by atoms with Crippen LogP contribution >= 0.6 is 0 Å². The van der Waals surface area contributed by atoms with Crippen molar-refractivity contribution in [1.29, 1.82) is 0 Å². The largest absolute Gasteiger partial charge is 0.481 e. The summed E-state index contributed by atoms with van der Waals surface area (Å²) in [6.07, 6.45) is 1.29. The molecule has 0 aromatic heterocycles. The highest BCUT2D eigenvalue weighted by molar-refractivity contribution is 5.67. The molecule has 3 nitrogen and oxygen atoms in total. The molecular formula is C14H21NO2. The Morgan fingerprint density at radius 1 is 1.35 bits per heavy atom. The molecular weight excluding hydrogens is 214 g/mol. The van der Waals surface area contributed by atoms with Gasteiger partial charge in [-0.1, -0.05) is 38.5 Å². The average Bonchev–Trinajstić information content (AvgIpc) is 2.35. The van der Waals surface area contributed by atoms with Crippen LogP contribution in [0.25, 0.3) is 0 Å². The van der Waals surface area contributed by atoms with Crippen LogP contribution in [0.3, 0.4) is 0 Å². The van der Waals surface area contributed by atoms with Crippen molar-refractivity contribution in [2.75, 3.05) is 18.0 Å². The maximum absolute atomic E-state index is 10.7. The lowest BCUT2D eigenvalue weighted by Crippen LogP contribution is -2.30. The molecule has 1 aromatic rings. The fourth-order valence-electron chi connectivity index (χ4n) is 1.70. The lowest BCUT2D eigenvalue weighted by Gasteiger charge is -2.27. The molecule has 0 aliphatic carbocycles. The van der Waals surface area contributed by atoms with Crippen LogP contribution in [0.1, 0.15) is 26.7 Å². The van der Waals surface area contributed by atoms with Gasteiger partial charge in [0, 0.05) is 18.8 Å². The molecule has 0 aliphatic heterocycles. The van der Waals surface area contributed by atoms with Gasteiger partial charge in [-0.25, -0.2) is 0 Å². The second-order valence-electron chi connectivity index (χ2n) is 4.44. The molecule has 0 radical (unpaired) electrons. The Labute approximate surface area is 103 Å². The Bertz CT molecular complexity index is 337. The first kappa shape index (κ1) is 13.6. The van der Waals surface area contributed by atoms with E-state index >= 15 is 0 Å². The summed E-state index contributed by atoms with van der Waals surface area (Å²) in [5, 5.41) is 8.77. The lowest BCUT2D eigenvalue weighted by molar-refractivity contribution is -0.136. The molecule has 1 atom stereocenters. The minimum Gasteiger partial charge on any atom is -0.481 e. The Balaban J connectivity index is 2.68. The highest BCUT2D eigenvalue weighted by Gasteiger charge is 2.11. The van der Waals surface area contributed by atoms with E-state index < -0.39 is 5.97 Å². The number of anilines is 1. The van der Waals surface area contributed by atoms with Crippen molar-refractivity contribution in [2.24, 2.45) is 5.92 Å². The minimum absolute atomic E-state index is 0.186. The molecule has 0 aliphatic rings. The number of nitrogens with zero attached hydrogens (tertiary/aromatic N) is 1. The van der Waals surface area contributed by atoms with Crippen molar-refractivity contribution in [3.63, 3.8) is 0 Å². The molecule has 1 aromatic carbocycles. The van der Waals surface area contributed by atoms with Gasteiger partial charge in [0.15, 0.2) is 0 Å². The zero-order chi connectivity index (χ0) is 12.7. The van der Waals surface area contributed by atoms with Crippen LogP contribution < -0.4 is 4.90 Å². The van der Waals surface area contributed by atoms with Gasteiger partial charge in [-0.2, -0.15) is 0 Å². The van der Waals surface area contributed by atoms with Gasteiger partial charge in [-0.3, -0.25) is 4.79 Å². The van der Waals surface area contributed by atoms with Crippen molar-refractivity contribution in [2.45, 2.75) is 26.7 Å². The van der Waals surface area contributed by atoms with Gasteiger partial charge < -0.3 is 10.0 Å². The Morgan fingerprint density at radius 3 is 2.53 bits per heavy atom. The van der Waals surface area contributed by atoms with Crippen molar-refractivity contribution < 1.29 is 9.90 Å². The van der Waals surface area contributed by atoms with Crippen LogP contribution in [0.15, 0.2) is 30.3 Å². The smallest absolute Gasteiger partial charge is 0.305 e. The van der Waals surface area contributed by atoms with E-state index in [1.54, 1.807) is 0 Å². The zero-order valence-corrected chi connectivity index (χ0v) is 10.6. The average molecular weight is 235 g/mol. The molecule has 0 bridgehead atoms. The number of carboxylic acid groups (broad SMARTS) is 1. The highest BCUT2D eigenvalue weighted by Crippen LogP contribution is 2.16. The van der Waals surface area contributed by atoms with Gasteiger partial charge in [-0.05, 0) is 18.1 Å². The molecule has 0 fully saturated rings. The molecule has 0 saturated carbocycles. The Morgan fingerprint density at radius 2 is 2.00 bits per heavy atom. The standard InChI is InChI=1S/C14H21NO2/c1-3-12(2)11-15(10-9-14(16)17)13-7-5-4-6-8-13/h4-8,12H,3,9-11H2,1-2H3,(H,16,17). The van der Waals surface area contributed by atoms with Crippen molar-refractivity contribution in [1.82, 2.24) is 0 Å². The molecule has 1 N–H and O–H groups in total. The summed E-state index contributed by atoms with van der Waals surface area (Å²) in [6, 6.07) is 10.0. The molecule has 94 valence electrons. The molecule has 1 rings (SSSR count). The maximum Gasteiger partial charge on any atom is 0.305 e. The fourth-order valence-corrected chi connectivity index (χ4v) is 1.70. The quantitative estimate of drug-likeness (QED) is 0.789. The third-order valence-corrected chi connectivity index (χ3v) is 2.95. The van der Waals surface area contributed by atoms with E-state index in [0.29, 0.717) is 12.5 Å². The van der Waals surface area contributed by atoms with E-state index in [1.807, 2.05) is 30.3 Å². The molecule has 3 heteroatoms. The van der Waals surface area contributed by atoms with Crippen LogP contribution in [0.2, 0.25) is 0 Å². The topological polar surface area (TPSA) is 40.5 Å². The maximum atomic E-state index is 10.7. The summed E-state index contributed by atoms with van der Waals surface area (Å²) in [4.78, 5) is 12.8. The first-order chi connectivity index (χ1) is 8.13. The number of para-hydroxylation sites is 1. The number of carbonyl (C=O) groups is 1. The molecule has 17 heavy (non-hydrogen) atoms. The van der Waals surface area contributed by atoms with Gasteiger partial charge in [0.25, 0.3) is 0 Å². The Hall–Kier alpha value is -1.51. The van der Waals surface area contributed by atoms with E-state index in [1.165, 1.54) is 0 Å². The highest BCUT2D eigenvalue weighted by atomic mass is 16.4. The van der Waals surface area contributed by atoms with E-state index in [4.69, 9.17) is 5.11 Å². The summed E-state index contributed by atoms with van der Waals surface area (Å²) in [7, 11) is 0. The summed E-state index contributed by atoms with van der Waals surface area (Å²) in [6.45, 7) is 5.83. The summed E-state index contributed by atoms with van der Waals surface area (Å²) in [5.41, 5.74) is 1.11. The van der Waals surface area contributed by atoms with Gasteiger partial charge in [0.05, 0.1) is 6.42 Å². The van der Waals surface area contributed by atoms with Crippen LogP contribution in [0.4, 0.5) is 5.69 Å². The Kier molecular flexibility index (Phi) is 5.53. The van der Waals surface area contributed by atoms with Crippen molar-refractivity contribution >= 4 is 11.7 Å². The number of carboxylic acids is 1. The van der Waals surface area contributed by atoms with E-state index in [9.17, 15) is 4.79 Å². The predicted octanol–water partition coefficient (Wildman–Crippen LogP) is 3.01. The third-order valence-electron chi connectivity index (χ3n) is 2.95. The van der Waals surface area contributed by atoms with Crippen LogP contribution in [-0.4, -0.2) is 24.2 Å². The number of hydrogen-bond acceptors (Lipinski definition) is 2. The van der Waals surface area contributed by atoms with Crippen LogP contribution in [0, 0.1) is 5.92 Å². The monoisotopic (exact) mass is 235 g/mol. The van der Waals surface area contributed by atoms with E-state index in [0.717, 1.165) is 18.7 Å².